The molecule has 2 atom stereocenters. The molecule has 1 aliphatic rings. The third kappa shape index (κ3) is 4.00. The number of urea groups is 1. The molecule has 2 amide bonds. The van der Waals surface area contributed by atoms with Crippen molar-refractivity contribution in [2.75, 3.05) is 20.2 Å². The van der Waals surface area contributed by atoms with Gasteiger partial charge in [-0.05, 0) is 30.9 Å². The van der Waals surface area contributed by atoms with Crippen molar-refractivity contribution in [3.8, 4) is 0 Å². The molecule has 0 radical (unpaired) electrons. The molecule has 5 nitrogen and oxygen atoms in total. The normalized spacial score (nSPS) is 21.5. The second-order valence-electron chi connectivity index (χ2n) is 5.72. The minimum absolute atomic E-state index is 0.0541. The van der Waals surface area contributed by atoms with Gasteiger partial charge in [0.05, 0.1) is 19.6 Å². The number of amides is 2. The fourth-order valence-corrected chi connectivity index (χ4v) is 3.71. The topological polar surface area (TPSA) is 58.6 Å². The van der Waals surface area contributed by atoms with Crippen LogP contribution in [0.5, 0.6) is 0 Å². The lowest BCUT2D eigenvalue weighted by molar-refractivity contribution is -0.148. The number of hydrogen-bond donors (Lipinski definition) is 1. The van der Waals surface area contributed by atoms with E-state index < -0.39 is 0 Å². The highest BCUT2D eigenvalue weighted by atomic mass is 32.1. The summed E-state index contributed by atoms with van der Waals surface area (Å²) in [5.41, 5.74) is 0. The van der Waals surface area contributed by atoms with Gasteiger partial charge in [0.1, 0.15) is 0 Å². The molecule has 0 aliphatic carbocycles. The summed E-state index contributed by atoms with van der Waals surface area (Å²) in [5.74, 6) is -0.142. The van der Waals surface area contributed by atoms with E-state index >= 15 is 0 Å². The third-order valence-corrected chi connectivity index (χ3v) is 5.41. The summed E-state index contributed by atoms with van der Waals surface area (Å²) in [6.45, 7) is 5.88. The lowest BCUT2D eigenvalue weighted by Gasteiger charge is -2.35. The molecule has 0 unspecified atom stereocenters. The molecule has 6 heteroatoms. The Morgan fingerprint density at radius 3 is 2.73 bits per heavy atom. The lowest BCUT2D eigenvalue weighted by Crippen LogP contribution is -2.48. The molecule has 0 spiro atoms. The van der Waals surface area contributed by atoms with E-state index in [1.54, 1.807) is 16.2 Å². The Labute approximate surface area is 135 Å². The second kappa shape index (κ2) is 7.63. The van der Waals surface area contributed by atoms with Crippen LogP contribution in [0.3, 0.4) is 0 Å². The van der Waals surface area contributed by atoms with Gasteiger partial charge in [-0.3, -0.25) is 4.79 Å². The van der Waals surface area contributed by atoms with Crippen molar-refractivity contribution in [1.29, 1.82) is 0 Å². The van der Waals surface area contributed by atoms with Gasteiger partial charge in [0.15, 0.2) is 0 Å². The van der Waals surface area contributed by atoms with Crippen molar-refractivity contribution < 1.29 is 14.3 Å². The number of esters is 1. The number of nitrogens with zero attached hydrogens (tertiary/aromatic N) is 1. The van der Waals surface area contributed by atoms with Crippen molar-refractivity contribution in [3.63, 3.8) is 0 Å². The van der Waals surface area contributed by atoms with Gasteiger partial charge in [0, 0.05) is 22.8 Å². The van der Waals surface area contributed by atoms with Crippen molar-refractivity contribution >= 4 is 23.3 Å². The van der Waals surface area contributed by atoms with Gasteiger partial charge in [0.2, 0.25) is 0 Å². The van der Waals surface area contributed by atoms with Gasteiger partial charge in [-0.25, -0.2) is 4.79 Å². The summed E-state index contributed by atoms with van der Waals surface area (Å²) in [6, 6.07) is 4.12. The number of likely N-dealkylation sites (tertiary alicyclic amines) is 1. The average molecular weight is 324 g/mol. The third-order valence-electron chi connectivity index (χ3n) is 4.18. The van der Waals surface area contributed by atoms with Crippen molar-refractivity contribution in [2.45, 2.75) is 33.2 Å². The summed E-state index contributed by atoms with van der Waals surface area (Å²) < 4.78 is 4.82. The Hall–Kier alpha value is -1.56. The molecule has 1 aromatic rings. The number of thiophene rings is 1. The molecule has 1 aromatic heterocycles. The van der Waals surface area contributed by atoms with E-state index in [1.165, 1.54) is 16.9 Å². The molecule has 22 heavy (non-hydrogen) atoms. The second-order valence-corrected chi connectivity index (χ2v) is 6.97. The maximum absolute atomic E-state index is 12.2. The molecular weight excluding hydrogens is 300 g/mol. The fraction of sp³-hybridized carbons (Fsp3) is 0.625. The number of piperidine rings is 1. The number of aryl methyl sites for hydroxylation is 1. The first-order valence-electron chi connectivity index (χ1n) is 7.73. The van der Waals surface area contributed by atoms with Gasteiger partial charge in [-0.15, -0.1) is 11.3 Å². The molecule has 1 N–H and O–H groups in total. The summed E-state index contributed by atoms with van der Waals surface area (Å²) in [7, 11) is 1.42. The molecule has 2 heterocycles. The molecule has 0 saturated carbocycles. The summed E-state index contributed by atoms with van der Waals surface area (Å²) in [4.78, 5) is 28.2. The number of carbonyl (C=O) groups excluding carboxylic acids is 2. The van der Waals surface area contributed by atoms with Crippen LogP contribution in [0.15, 0.2) is 12.1 Å². The van der Waals surface area contributed by atoms with Crippen LogP contribution < -0.4 is 5.32 Å². The lowest BCUT2D eigenvalue weighted by atomic mass is 9.87. The number of methoxy groups -OCH3 is 1. The smallest absolute Gasteiger partial charge is 0.317 e. The van der Waals surface area contributed by atoms with Crippen LogP contribution in [0.1, 0.15) is 30.0 Å². The van der Waals surface area contributed by atoms with E-state index in [4.69, 9.17) is 4.74 Å². The number of carbonyl (C=O) groups is 2. The molecule has 1 aliphatic heterocycles. The molecule has 2 rings (SSSR count). The van der Waals surface area contributed by atoms with Crippen molar-refractivity contribution in [2.24, 2.45) is 11.8 Å². The Morgan fingerprint density at radius 2 is 2.14 bits per heavy atom. The SMILES string of the molecule is CCc1ccc(CNC(=O)N2CC[C@H](C(=O)OC)[C@H](C)C2)s1. The highest BCUT2D eigenvalue weighted by Crippen LogP contribution is 2.24. The van der Waals surface area contributed by atoms with Crippen LogP contribution in [0.2, 0.25) is 0 Å². The Kier molecular flexibility index (Phi) is 5.83. The Bertz CT molecular complexity index is 529. The minimum atomic E-state index is -0.168. The number of hydrogen-bond acceptors (Lipinski definition) is 4. The minimum Gasteiger partial charge on any atom is -0.469 e. The number of rotatable bonds is 4. The van der Waals surface area contributed by atoms with Crippen molar-refractivity contribution in [3.05, 3.63) is 21.9 Å². The molecule has 1 fully saturated rings. The largest absolute Gasteiger partial charge is 0.469 e. The van der Waals surface area contributed by atoms with E-state index in [1.807, 2.05) is 6.92 Å². The van der Waals surface area contributed by atoms with Crippen LogP contribution in [0.25, 0.3) is 0 Å². The summed E-state index contributed by atoms with van der Waals surface area (Å²) >= 11 is 1.73. The van der Waals surface area contributed by atoms with Crippen LogP contribution >= 0.6 is 11.3 Å². The van der Waals surface area contributed by atoms with E-state index in [-0.39, 0.29) is 23.8 Å². The quantitative estimate of drug-likeness (QED) is 0.866. The van der Waals surface area contributed by atoms with Crippen LogP contribution in [0, 0.1) is 11.8 Å². The Morgan fingerprint density at radius 1 is 1.41 bits per heavy atom. The molecular formula is C16H24N2O3S. The first-order valence-corrected chi connectivity index (χ1v) is 8.55. The molecule has 0 aromatic carbocycles. The van der Waals surface area contributed by atoms with E-state index in [0.717, 1.165) is 6.42 Å². The zero-order valence-corrected chi connectivity index (χ0v) is 14.2. The van der Waals surface area contributed by atoms with Gasteiger partial charge in [-0.1, -0.05) is 13.8 Å². The maximum Gasteiger partial charge on any atom is 0.317 e. The standard InChI is InChI=1S/C16H24N2O3S/c1-4-12-5-6-13(22-12)9-17-16(20)18-8-7-14(11(2)10-18)15(19)21-3/h5-6,11,14H,4,7-10H2,1-3H3,(H,17,20)/t11-,14+/m1/s1. The number of nitrogens with one attached hydrogen (secondary N) is 1. The van der Waals surface area contributed by atoms with Crippen LogP contribution in [-0.4, -0.2) is 37.1 Å². The van der Waals surface area contributed by atoms with Gasteiger partial charge in [0.25, 0.3) is 0 Å². The first-order chi connectivity index (χ1) is 10.5. The maximum atomic E-state index is 12.2. The fourth-order valence-electron chi connectivity index (χ4n) is 2.81. The molecule has 0 bridgehead atoms. The van der Waals surface area contributed by atoms with Crippen molar-refractivity contribution in [1.82, 2.24) is 10.2 Å². The van der Waals surface area contributed by atoms with Crippen LogP contribution in [0.4, 0.5) is 4.79 Å². The highest BCUT2D eigenvalue weighted by molar-refractivity contribution is 7.11. The average Bonchev–Trinajstić information content (AvgIpc) is 2.99. The van der Waals surface area contributed by atoms with E-state index in [9.17, 15) is 9.59 Å². The summed E-state index contributed by atoms with van der Waals surface area (Å²) in [6.07, 6.45) is 1.69. The van der Waals surface area contributed by atoms with Gasteiger partial charge in [-0.2, -0.15) is 0 Å². The van der Waals surface area contributed by atoms with E-state index in [2.05, 4.69) is 24.4 Å². The molecule has 122 valence electrons. The molecule has 1 saturated heterocycles. The van der Waals surface area contributed by atoms with Gasteiger partial charge >= 0.3 is 12.0 Å². The zero-order valence-electron chi connectivity index (χ0n) is 13.4. The van der Waals surface area contributed by atoms with E-state index in [0.29, 0.717) is 26.1 Å². The predicted molar refractivity (Wildman–Crippen MR) is 86.8 cm³/mol. The summed E-state index contributed by atoms with van der Waals surface area (Å²) in [5, 5.41) is 2.97. The highest BCUT2D eigenvalue weighted by Gasteiger charge is 2.33. The monoisotopic (exact) mass is 324 g/mol. The zero-order chi connectivity index (χ0) is 16.1. The Balaban J connectivity index is 1.82. The number of ether oxygens (including phenoxy) is 1. The van der Waals surface area contributed by atoms with Gasteiger partial charge < -0.3 is 15.0 Å². The predicted octanol–water partition coefficient (Wildman–Crippen LogP) is 2.65. The van der Waals surface area contributed by atoms with Crippen LogP contribution in [-0.2, 0) is 22.5 Å². The first kappa shape index (κ1) is 16.8.